The van der Waals surface area contributed by atoms with Gasteiger partial charge >= 0.3 is 0 Å². The Morgan fingerprint density at radius 2 is 1.37 bits per heavy atom. The largest absolute Gasteiger partial charge is 0.295 e. The van der Waals surface area contributed by atoms with Crippen LogP contribution in [-0.4, -0.2) is 47.5 Å². The molecule has 0 saturated carbocycles. The second-order valence-corrected chi connectivity index (χ2v) is 6.16. The molecule has 0 fully saturated rings. The minimum Gasteiger partial charge on any atom is -0.295 e. The highest BCUT2D eigenvalue weighted by Gasteiger charge is 2.09. The highest BCUT2D eigenvalue weighted by molar-refractivity contribution is 6.42. The molecule has 0 aliphatic carbocycles. The zero-order valence-electron chi connectivity index (χ0n) is 14.2. The summed E-state index contributed by atoms with van der Waals surface area (Å²) < 4.78 is 3.63. The fourth-order valence-electron chi connectivity index (χ4n) is 2.35. The van der Waals surface area contributed by atoms with Gasteiger partial charge in [0.05, 0.1) is 23.1 Å². The Bertz CT molecular complexity index is 714. The molecule has 0 radical (unpaired) electrons. The summed E-state index contributed by atoms with van der Waals surface area (Å²) in [5.74, 6) is 0. The standard InChI is InChI=1S/C15H17Cl2N7.3ClH/c16-14-2-1-13(7-15(14)17)8-22(3-5-23-11-18-9-20-23)4-6-24-12-19-10-21-24;;;/h1-2,7,9-12H,3-6,8H2;3*1H. The molecule has 7 nitrogen and oxygen atoms in total. The number of benzene rings is 1. The highest BCUT2D eigenvalue weighted by atomic mass is 35.5. The third kappa shape index (κ3) is 8.21. The molecule has 27 heavy (non-hydrogen) atoms. The molecule has 0 amide bonds. The van der Waals surface area contributed by atoms with Crippen molar-refractivity contribution in [2.24, 2.45) is 0 Å². The van der Waals surface area contributed by atoms with Crippen LogP contribution in [0.5, 0.6) is 0 Å². The molecule has 0 aliphatic heterocycles. The summed E-state index contributed by atoms with van der Waals surface area (Å²) in [7, 11) is 0. The molecule has 0 unspecified atom stereocenters. The summed E-state index contributed by atoms with van der Waals surface area (Å²) in [6, 6.07) is 5.72. The normalized spacial score (nSPS) is 10.0. The van der Waals surface area contributed by atoms with Gasteiger partial charge in [-0.15, -0.1) is 37.2 Å². The maximum absolute atomic E-state index is 6.12. The van der Waals surface area contributed by atoms with E-state index in [1.165, 1.54) is 0 Å². The minimum atomic E-state index is 0. The second kappa shape index (κ2) is 13.1. The lowest BCUT2D eigenvalue weighted by Crippen LogP contribution is -2.30. The first-order valence-corrected chi connectivity index (χ1v) is 8.27. The number of hydrogen-bond acceptors (Lipinski definition) is 5. The minimum absolute atomic E-state index is 0. The van der Waals surface area contributed by atoms with Crippen molar-refractivity contribution in [2.75, 3.05) is 13.1 Å². The first kappa shape index (κ1) is 25.9. The van der Waals surface area contributed by atoms with E-state index < -0.39 is 0 Å². The van der Waals surface area contributed by atoms with Gasteiger partial charge < -0.3 is 0 Å². The van der Waals surface area contributed by atoms with Crippen LogP contribution in [-0.2, 0) is 19.6 Å². The monoisotopic (exact) mass is 473 g/mol. The van der Waals surface area contributed by atoms with E-state index in [0.717, 1.165) is 38.3 Å². The van der Waals surface area contributed by atoms with E-state index in [-0.39, 0.29) is 37.2 Å². The van der Waals surface area contributed by atoms with Crippen LogP contribution in [0.15, 0.2) is 43.5 Å². The van der Waals surface area contributed by atoms with Crippen molar-refractivity contribution in [3.8, 4) is 0 Å². The number of halogens is 5. The summed E-state index contributed by atoms with van der Waals surface area (Å²) in [6.07, 6.45) is 6.51. The fourth-order valence-corrected chi connectivity index (χ4v) is 2.67. The van der Waals surface area contributed by atoms with Gasteiger partial charge in [-0.05, 0) is 17.7 Å². The maximum Gasteiger partial charge on any atom is 0.137 e. The number of aromatic nitrogens is 6. The van der Waals surface area contributed by atoms with Gasteiger partial charge in [0.25, 0.3) is 0 Å². The molecule has 0 spiro atoms. The predicted molar refractivity (Wildman–Crippen MR) is 114 cm³/mol. The van der Waals surface area contributed by atoms with E-state index in [9.17, 15) is 0 Å². The molecule has 3 aromatic rings. The lowest BCUT2D eigenvalue weighted by molar-refractivity contribution is 0.237. The van der Waals surface area contributed by atoms with Crippen molar-refractivity contribution in [3.05, 3.63) is 59.1 Å². The Labute approximate surface area is 186 Å². The molecule has 150 valence electrons. The lowest BCUT2D eigenvalue weighted by Gasteiger charge is -2.22. The van der Waals surface area contributed by atoms with Gasteiger partial charge in [-0.1, -0.05) is 29.3 Å². The van der Waals surface area contributed by atoms with Crippen LogP contribution in [0.3, 0.4) is 0 Å². The number of nitrogens with zero attached hydrogens (tertiary/aromatic N) is 7. The SMILES string of the molecule is Cl.Cl.Cl.Clc1ccc(CN(CCn2cncn2)CCn2cncn2)cc1Cl. The third-order valence-corrected chi connectivity index (χ3v) is 4.35. The van der Waals surface area contributed by atoms with E-state index in [2.05, 4.69) is 25.1 Å². The van der Waals surface area contributed by atoms with Crippen LogP contribution in [0.4, 0.5) is 0 Å². The van der Waals surface area contributed by atoms with Crippen LogP contribution < -0.4 is 0 Å². The molecule has 0 N–H and O–H groups in total. The van der Waals surface area contributed by atoms with E-state index in [1.807, 2.05) is 27.6 Å². The van der Waals surface area contributed by atoms with Gasteiger partial charge in [-0.3, -0.25) is 14.3 Å². The van der Waals surface area contributed by atoms with Crippen LogP contribution in [0.25, 0.3) is 0 Å². The lowest BCUT2D eigenvalue weighted by atomic mass is 10.2. The summed E-state index contributed by atoms with van der Waals surface area (Å²) in [4.78, 5) is 10.3. The number of hydrogen-bond donors (Lipinski definition) is 0. The van der Waals surface area contributed by atoms with Crippen molar-refractivity contribution in [2.45, 2.75) is 19.6 Å². The van der Waals surface area contributed by atoms with E-state index in [4.69, 9.17) is 23.2 Å². The molecule has 12 heteroatoms. The molecule has 0 bridgehead atoms. The maximum atomic E-state index is 6.12. The predicted octanol–water partition coefficient (Wildman–Crippen LogP) is 3.64. The molecule has 2 heterocycles. The topological polar surface area (TPSA) is 64.7 Å². The average molecular weight is 476 g/mol. The van der Waals surface area contributed by atoms with Gasteiger partial charge in [-0.25, -0.2) is 9.97 Å². The molecule has 1 aromatic carbocycles. The van der Waals surface area contributed by atoms with Crippen molar-refractivity contribution >= 4 is 60.4 Å². The van der Waals surface area contributed by atoms with Crippen molar-refractivity contribution < 1.29 is 0 Å². The van der Waals surface area contributed by atoms with Gasteiger partial charge in [0.2, 0.25) is 0 Å². The molecular formula is C15H20Cl5N7. The average Bonchev–Trinajstić information content (AvgIpc) is 3.27. The summed E-state index contributed by atoms with van der Waals surface area (Å²) in [5, 5.41) is 9.43. The summed E-state index contributed by atoms with van der Waals surface area (Å²) in [5.41, 5.74) is 1.11. The van der Waals surface area contributed by atoms with Gasteiger partial charge in [-0.2, -0.15) is 10.2 Å². The van der Waals surface area contributed by atoms with Gasteiger partial charge in [0, 0.05) is 19.6 Å². The Morgan fingerprint density at radius 3 is 1.81 bits per heavy atom. The molecule has 0 atom stereocenters. The van der Waals surface area contributed by atoms with Crippen LogP contribution in [0, 0.1) is 0 Å². The van der Waals surface area contributed by atoms with Crippen molar-refractivity contribution in [1.82, 2.24) is 34.4 Å². The first-order chi connectivity index (χ1) is 11.7. The third-order valence-electron chi connectivity index (χ3n) is 3.61. The van der Waals surface area contributed by atoms with Crippen LogP contribution >= 0.6 is 60.4 Å². The summed E-state index contributed by atoms with van der Waals surface area (Å²) >= 11 is 12.1. The highest BCUT2D eigenvalue weighted by Crippen LogP contribution is 2.23. The van der Waals surface area contributed by atoms with Gasteiger partial charge in [0.15, 0.2) is 0 Å². The molecule has 2 aromatic heterocycles. The van der Waals surface area contributed by atoms with E-state index in [0.29, 0.717) is 10.0 Å². The van der Waals surface area contributed by atoms with E-state index >= 15 is 0 Å². The Hall–Kier alpha value is -1.09. The van der Waals surface area contributed by atoms with E-state index in [1.54, 1.807) is 25.3 Å². The Kier molecular flexibility index (Phi) is 12.6. The zero-order valence-corrected chi connectivity index (χ0v) is 18.1. The second-order valence-electron chi connectivity index (χ2n) is 5.34. The fraction of sp³-hybridized carbons (Fsp3) is 0.333. The van der Waals surface area contributed by atoms with Gasteiger partial charge in [0.1, 0.15) is 25.3 Å². The number of rotatable bonds is 8. The van der Waals surface area contributed by atoms with Crippen molar-refractivity contribution in [1.29, 1.82) is 0 Å². The molecular weight excluding hydrogens is 455 g/mol. The smallest absolute Gasteiger partial charge is 0.137 e. The Morgan fingerprint density at radius 1 is 0.815 bits per heavy atom. The Balaban J connectivity index is 0.00000225. The molecule has 0 saturated heterocycles. The van der Waals surface area contributed by atoms with Crippen LogP contribution in [0.2, 0.25) is 10.0 Å². The zero-order chi connectivity index (χ0) is 16.8. The molecule has 3 rings (SSSR count). The van der Waals surface area contributed by atoms with Crippen LogP contribution in [0.1, 0.15) is 5.56 Å². The summed E-state index contributed by atoms with van der Waals surface area (Å²) in [6.45, 7) is 3.95. The van der Waals surface area contributed by atoms with Crippen molar-refractivity contribution in [3.63, 3.8) is 0 Å². The molecule has 0 aliphatic rings. The first-order valence-electron chi connectivity index (χ1n) is 7.52. The quantitative estimate of drug-likeness (QED) is 0.498.